The predicted molar refractivity (Wildman–Crippen MR) is 78.7 cm³/mol. The van der Waals surface area contributed by atoms with Gasteiger partial charge in [-0.05, 0) is 30.0 Å². The molecule has 0 aliphatic carbocycles. The Morgan fingerprint density at radius 2 is 1.80 bits per heavy atom. The number of aliphatic carboxylic acids is 1. The molecule has 0 unspecified atom stereocenters. The van der Waals surface area contributed by atoms with Gasteiger partial charge in [0.25, 0.3) is 0 Å². The Bertz CT molecular complexity index is 482. The number of nitrogens with one attached hydrogen (secondary N) is 1. The van der Waals surface area contributed by atoms with Crippen molar-refractivity contribution < 1.29 is 14.7 Å². The normalized spacial score (nSPS) is 12.8. The molecule has 0 aromatic heterocycles. The van der Waals surface area contributed by atoms with E-state index in [0.717, 1.165) is 5.56 Å². The van der Waals surface area contributed by atoms with Crippen molar-refractivity contribution in [2.24, 2.45) is 5.41 Å². The van der Waals surface area contributed by atoms with Crippen molar-refractivity contribution in [3.8, 4) is 0 Å². The number of amides is 1. The molecule has 1 amide bonds. The van der Waals surface area contributed by atoms with E-state index in [9.17, 15) is 9.59 Å². The lowest BCUT2D eigenvalue weighted by molar-refractivity contribution is -0.139. The molecule has 0 saturated carbocycles. The van der Waals surface area contributed by atoms with Gasteiger partial charge in [-0.1, -0.05) is 37.6 Å². The summed E-state index contributed by atoms with van der Waals surface area (Å²) >= 11 is 5.81. The van der Waals surface area contributed by atoms with E-state index in [1.807, 2.05) is 19.1 Å². The topological polar surface area (TPSA) is 66.4 Å². The van der Waals surface area contributed by atoms with Crippen LogP contribution in [0.3, 0.4) is 0 Å². The maximum atomic E-state index is 12.0. The second kappa shape index (κ2) is 6.75. The van der Waals surface area contributed by atoms with Crippen molar-refractivity contribution in [2.45, 2.75) is 39.7 Å². The van der Waals surface area contributed by atoms with E-state index in [-0.39, 0.29) is 24.8 Å². The van der Waals surface area contributed by atoms with Gasteiger partial charge in [-0.25, -0.2) is 0 Å². The molecule has 0 radical (unpaired) electrons. The molecular formula is C15H20ClNO3. The van der Waals surface area contributed by atoms with Gasteiger partial charge in [0, 0.05) is 11.4 Å². The van der Waals surface area contributed by atoms with Crippen molar-refractivity contribution in [2.75, 3.05) is 0 Å². The summed E-state index contributed by atoms with van der Waals surface area (Å²) in [7, 11) is 0. The van der Waals surface area contributed by atoms with Gasteiger partial charge in [0.05, 0.1) is 12.5 Å². The Balaban J connectivity index is 2.57. The highest BCUT2D eigenvalue weighted by molar-refractivity contribution is 6.30. The molecule has 20 heavy (non-hydrogen) atoms. The molecule has 5 heteroatoms. The predicted octanol–water partition coefficient (Wildman–Crippen LogP) is 3.41. The molecule has 2 N–H and O–H groups in total. The first-order chi connectivity index (χ1) is 9.19. The molecule has 4 nitrogen and oxygen atoms in total. The molecule has 0 spiro atoms. The molecule has 110 valence electrons. The number of carboxylic acid groups (broad SMARTS) is 1. The Hall–Kier alpha value is -1.55. The first kappa shape index (κ1) is 16.5. The molecule has 1 aromatic rings. The maximum Gasteiger partial charge on any atom is 0.303 e. The lowest BCUT2D eigenvalue weighted by Crippen LogP contribution is -2.31. The Morgan fingerprint density at radius 1 is 1.25 bits per heavy atom. The van der Waals surface area contributed by atoms with Crippen LogP contribution in [0.5, 0.6) is 0 Å². The van der Waals surface area contributed by atoms with Gasteiger partial charge in [0.2, 0.25) is 5.91 Å². The third-order valence-corrected chi connectivity index (χ3v) is 3.27. The molecule has 1 aromatic carbocycles. The first-order valence-electron chi connectivity index (χ1n) is 6.46. The van der Waals surface area contributed by atoms with Crippen molar-refractivity contribution >= 4 is 23.5 Å². The van der Waals surface area contributed by atoms with E-state index in [0.29, 0.717) is 5.02 Å². The first-order valence-corrected chi connectivity index (χ1v) is 6.84. The second-order valence-corrected chi connectivity index (χ2v) is 6.19. The second-order valence-electron chi connectivity index (χ2n) is 5.75. The van der Waals surface area contributed by atoms with E-state index in [2.05, 4.69) is 5.32 Å². The van der Waals surface area contributed by atoms with Crippen LogP contribution in [0.1, 0.15) is 45.2 Å². The molecular weight excluding hydrogens is 278 g/mol. The summed E-state index contributed by atoms with van der Waals surface area (Å²) in [5, 5.41) is 12.3. The molecule has 0 fully saturated rings. The van der Waals surface area contributed by atoms with Gasteiger partial charge in [-0.2, -0.15) is 0 Å². The Kier molecular flexibility index (Phi) is 5.57. The van der Waals surface area contributed by atoms with Crippen molar-refractivity contribution in [1.29, 1.82) is 0 Å². The van der Waals surface area contributed by atoms with Gasteiger partial charge in [0.15, 0.2) is 0 Å². The zero-order valence-corrected chi connectivity index (χ0v) is 12.7. The van der Waals surface area contributed by atoms with E-state index in [1.54, 1.807) is 26.0 Å². The number of hydrogen-bond donors (Lipinski definition) is 2. The number of carbonyl (C=O) groups excluding carboxylic acids is 1. The average Bonchev–Trinajstić information content (AvgIpc) is 2.26. The van der Waals surface area contributed by atoms with Crippen LogP contribution in [-0.2, 0) is 9.59 Å². The van der Waals surface area contributed by atoms with Gasteiger partial charge < -0.3 is 10.4 Å². The average molecular weight is 298 g/mol. The van der Waals surface area contributed by atoms with Crippen LogP contribution in [0.2, 0.25) is 5.02 Å². The van der Waals surface area contributed by atoms with Crippen molar-refractivity contribution in [3.63, 3.8) is 0 Å². The summed E-state index contributed by atoms with van der Waals surface area (Å²) in [6.45, 7) is 5.42. The Labute approximate surface area is 124 Å². The number of halogens is 1. The van der Waals surface area contributed by atoms with E-state index in [4.69, 9.17) is 16.7 Å². The fraction of sp³-hybridized carbons (Fsp3) is 0.467. The quantitative estimate of drug-likeness (QED) is 0.845. The Morgan fingerprint density at radius 3 is 2.30 bits per heavy atom. The van der Waals surface area contributed by atoms with Crippen molar-refractivity contribution in [1.82, 2.24) is 5.32 Å². The molecule has 1 rings (SSSR count). The number of carbonyl (C=O) groups is 2. The molecule has 0 aliphatic heterocycles. The zero-order valence-electron chi connectivity index (χ0n) is 11.9. The molecule has 0 bridgehead atoms. The summed E-state index contributed by atoms with van der Waals surface area (Å²) in [6.07, 6.45) is 0.146. The zero-order chi connectivity index (χ0) is 15.3. The highest BCUT2D eigenvalue weighted by atomic mass is 35.5. The van der Waals surface area contributed by atoms with E-state index < -0.39 is 11.4 Å². The minimum atomic E-state index is -0.895. The summed E-state index contributed by atoms with van der Waals surface area (Å²) in [6, 6.07) is 7.12. The number of benzene rings is 1. The molecule has 0 aliphatic rings. The maximum absolute atomic E-state index is 12.0. The van der Waals surface area contributed by atoms with E-state index in [1.165, 1.54) is 0 Å². The van der Waals surface area contributed by atoms with Crippen LogP contribution >= 0.6 is 11.6 Å². The number of hydrogen-bond acceptors (Lipinski definition) is 2. The SMILES string of the molecule is C[C@H](NC(=O)CC(C)(C)CC(=O)O)c1ccc(Cl)cc1. The van der Waals surface area contributed by atoms with Crippen LogP contribution in [0.4, 0.5) is 0 Å². The van der Waals surface area contributed by atoms with E-state index >= 15 is 0 Å². The van der Waals surface area contributed by atoms with Gasteiger partial charge in [0.1, 0.15) is 0 Å². The standard InChI is InChI=1S/C15H20ClNO3/c1-10(11-4-6-12(16)7-5-11)17-13(18)8-15(2,3)9-14(19)20/h4-7,10H,8-9H2,1-3H3,(H,17,18)(H,19,20)/t10-/m0/s1. The minimum Gasteiger partial charge on any atom is -0.481 e. The highest BCUT2D eigenvalue weighted by Crippen LogP contribution is 2.25. The molecule has 1 atom stereocenters. The van der Waals surface area contributed by atoms with Crippen LogP contribution in [0.25, 0.3) is 0 Å². The number of carboxylic acids is 1. The van der Waals surface area contributed by atoms with Crippen LogP contribution < -0.4 is 5.32 Å². The van der Waals surface area contributed by atoms with Gasteiger partial charge >= 0.3 is 5.97 Å². The third-order valence-electron chi connectivity index (χ3n) is 3.02. The minimum absolute atomic E-state index is 0.0320. The summed E-state index contributed by atoms with van der Waals surface area (Å²) in [5.41, 5.74) is 0.397. The lowest BCUT2D eigenvalue weighted by Gasteiger charge is -2.23. The number of rotatable bonds is 6. The van der Waals surface area contributed by atoms with Gasteiger partial charge in [-0.3, -0.25) is 9.59 Å². The fourth-order valence-corrected chi connectivity index (χ4v) is 2.16. The largest absolute Gasteiger partial charge is 0.481 e. The summed E-state index contributed by atoms with van der Waals surface area (Å²) in [4.78, 5) is 22.7. The summed E-state index contributed by atoms with van der Waals surface area (Å²) < 4.78 is 0. The monoisotopic (exact) mass is 297 g/mol. The molecule has 0 saturated heterocycles. The van der Waals surface area contributed by atoms with Crippen LogP contribution in [0.15, 0.2) is 24.3 Å². The van der Waals surface area contributed by atoms with Gasteiger partial charge in [-0.15, -0.1) is 0 Å². The summed E-state index contributed by atoms with van der Waals surface area (Å²) in [5.74, 6) is -1.05. The lowest BCUT2D eigenvalue weighted by atomic mass is 9.85. The molecule has 0 heterocycles. The third kappa shape index (κ3) is 5.61. The van der Waals surface area contributed by atoms with Crippen molar-refractivity contribution in [3.05, 3.63) is 34.9 Å². The van der Waals surface area contributed by atoms with Crippen LogP contribution in [-0.4, -0.2) is 17.0 Å². The smallest absolute Gasteiger partial charge is 0.303 e. The fourth-order valence-electron chi connectivity index (χ4n) is 2.03. The van der Waals surface area contributed by atoms with Crippen LogP contribution in [0, 0.1) is 5.41 Å². The highest BCUT2D eigenvalue weighted by Gasteiger charge is 2.25.